The molecule has 0 bridgehead atoms. The third kappa shape index (κ3) is 5.52. The zero-order valence-electron chi connectivity index (χ0n) is 13.5. The van der Waals surface area contributed by atoms with Gasteiger partial charge < -0.3 is 10.6 Å². The minimum absolute atomic E-state index is 0.0391. The maximum atomic E-state index is 12.6. The van der Waals surface area contributed by atoms with Crippen molar-refractivity contribution in [3.8, 4) is 0 Å². The van der Waals surface area contributed by atoms with Crippen LogP contribution in [0.15, 0.2) is 53.4 Å². The van der Waals surface area contributed by atoms with Crippen LogP contribution in [0.5, 0.6) is 0 Å². The number of carbonyl (C=O) groups is 2. The zero-order valence-corrected chi connectivity index (χ0v) is 16.5. The van der Waals surface area contributed by atoms with Crippen LogP contribution in [0, 0.1) is 3.57 Å². The van der Waals surface area contributed by atoms with Gasteiger partial charge >= 0.3 is 0 Å². The first-order valence-electron chi connectivity index (χ1n) is 7.54. The number of anilines is 1. The molecule has 0 saturated carbocycles. The Labute approximate surface area is 159 Å². The topological polar surface area (TPSA) is 58.2 Å². The fourth-order valence-corrected chi connectivity index (χ4v) is 3.42. The zero-order chi connectivity index (χ0) is 17.5. The van der Waals surface area contributed by atoms with Crippen LogP contribution in [-0.4, -0.2) is 23.6 Å². The molecule has 2 aromatic carbocycles. The van der Waals surface area contributed by atoms with Gasteiger partial charge in [0, 0.05) is 14.5 Å². The molecular formula is C18H19IN2O2S. The quantitative estimate of drug-likeness (QED) is 0.509. The lowest BCUT2D eigenvalue weighted by atomic mass is 10.2. The van der Waals surface area contributed by atoms with Crippen LogP contribution in [0.4, 0.5) is 5.69 Å². The molecule has 0 aromatic heterocycles. The van der Waals surface area contributed by atoms with Crippen LogP contribution in [0.1, 0.15) is 24.2 Å². The summed E-state index contributed by atoms with van der Waals surface area (Å²) in [5.41, 5.74) is 1.35. The molecule has 0 aliphatic rings. The fraction of sp³-hybridized carbons (Fsp3) is 0.222. The fourth-order valence-electron chi connectivity index (χ4n) is 2.04. The highest BCUT2D eigenvalue weighted by Crippen LogP contribution is 2.24. The monoisotopic (exact) mass is 454 g/mol. The third-order valence-electron chi connectivity index (χ3n) is 3.06. The molecule has 2 rings (SSSR count). The van der Waals surface area contributed by atoms with Gasteiger partial charge in [-0.15, -0.1) is 11.8 Å². The lowest BCUT2D eigenvalue weighted by Crippen LogP contribution is -2.31. The number of amides is 2. The van der Waals surface area contributed by atoms with Crippen LogP contribution in [0.2, 0.25) is 0 Å². The standard InChI is InChI=1S/C18H19IN2O2S/c1-12(2)20-17(22)11-24-16-10-6-3-7-13(16)18(23)21-15-9-5-4-8-14(15)19/h3-10,12H,11H2,1-2H3,(H,20,22)(H,21,23). The number of rotatable bonds is 6. The van der Waals surface area contributed by atoms with E-state index in [0.29, 0.717) is 5.56 Å². The summed E-state index contributed by atoms with van der Waals surface area (Å²) in [7, 11) is 0. The molecule has 0 aliphatic heterocycles. The molecule has 0 radical (unpaired) electrons. The molecule has 0 spiro atoms. The van der Waals surface area contributed by atoms with Gasteiger partial charge in [-0.05, 0) is 60.7 Å². The Bertz CT molecular complexity index is 734. The highest BCUT2D eigenvalue weighted by atomic mass is 127. The molecule has 24 heavy (non-hydrogen) atoms. The van der Waals surface area contributed by atoms with E-state index in [0.717, 1.165) is 14.2 Å². The Balaban J connectivity index is 2.09. The van der Waals surface area contributed by atoms with Crippen LogP contribution in [0.25, 0.3) is 0 Å². The predicted molar refractivity (Wildman–Crippen MR) is 108 cm³/mol. The van der Waals surface area contributed by atoms with Gasteiger partial charge in [-0.3, -0.25) is 9.59 Å². The Morgan fingerprint density at radius 2 is 1.75 bits per heavy atom. The lowest BCUT2D eigenvalue weighted by Gasteiger charge is -2.12. The van der Waals surface area contributed by atoms with Gasteiger partial charge in [0.2, 0.25) is 5.91 Å². The number of hydrogen-bond donors (Lipinski definition) is 2. The Morgan fingerprint density at radius 1 is 1.08 bits per heavy atom. The average Bonchev–Trinajstić information content (AvgIpc) is 2.54. The first-order valence-corrected chi connectivity index (χ1v) is 9.61. The molecule has 0 unspecified atom stereocenters. The second-order valence-electron chi connectivity index (χ2n) is 5.44. The number of halogens is 1. The van der Waals surface area contributed by atoms with E-state index < -0.39 is 0 Å². The Kier molecular flexibility index (Phi) is 7.11. The summed E-state index contributed by atoms with van der Waals surface area (Å²) in [5, 5.41) is 5.77. The van der Waals surface area contributed by atoms with E-state index in [-0.39, 0.29) is 23.6 Å². The molecule has 0 aliphatic carbocycles. The van der Waals surface area contributed by atoms with E-state index in [1.54, 1.807) is 6.07 Å². The number of thioether (sulfide) groups is 1. The van der Waals surface area contributed by atoms with E-state index in [1.807, 2.05) is 56.3 Å². The molecule has 0 fully saturated rings. The highest BCUT2D eigenvalue weighted by molar-refractivity contribution is 14.1. The van der Waals surface area contributed by atoms with Crippen LogP contribution in [0.3, 0.4) is 0 Å². The van der Waals surface area contributed by atoms with Crippen molar-refractivity contribution in [1.82, 2.24) is 5.32 Å². The van der Waals surface area contributed by atoms with E-state index in [4.69, 9.17) is 0 Å². The van der Waals surface area contributed by atoms with Crippen molar-refractivity contribution < 1.29 is 9.59 Å². The molecule has 4 nitrogen and oxygen atoms in total. The van der Waals surface area contributed by atoms with Crippen LogP contribution >= 0.6 is 34.4 Å². The van der Waals surface area contributed by atoms with Crippen LogP contribution in [-0.2, 0) is 4.79 Å². The number of nitrogens with one attached hydrogen (secondary N) is 2. The van der Waals surface area contributed by atoms with Gasteiger partial charge in [0.15, 0.2) is 0 Å². The summed E-state index contributed by atoms with van der Waals surface area (Å²) in [6.45, 7) is 3.84. The van der Waals surface area contributed by atoms with Gasteiger partial charge in [0.25, 0.3) is 5.91 Å². The minimum atomic E-state index is -0.175. The molecule has 126 valence electrons. The van der Waals surface area contributed by atoms with Crippen molar-refractivity contribution in [3.63, 3.8) is 0 Å². The SMILES string of the molecule is CC(C)NC(=O)CSc1ccccc1C(=O)Nc1ccccc1I. The van der Waals surface area contributed by atoms with Crippen molar-refractivity contribution in [2.24, 2.45) is 0 Å². The van der Waals surface area contributed by atoms with E-state index in [9.17, 15) is 9.59 Å². The minimum Gasteiger partial charge on any atom is -0.353 e. The predicted octanol–water partition coefficient (Wildman–Crippen LogP) is 4.16. The Morgan fingerprint density at radius 3 is 2.46 bits per heavy atom. The average molecular weight is 454 g/mol. The molecule has 0 heterocycles. The summed E-state index contributed by atoms with van der Waals surface area (Å²) < 4.78 is 0.977. The molecule has 0 atom stereocenters. The van der Waals surface area contributed by atoms with Gasteiger partial charge in [-0.2, -0.15) is 0 Å². The normalized spacial score (nSPS) is 10.5. The number of hydrogen-bond acceptors (Lipinski definition) is 3. The number of benzene rings is 2. The van der Waals surface area contributed by atoms with E-state index in [1.165, 1.54) is 11.8 Å². The molecule has 6 heteroatoms. The molecular weight excluding hydrogens is 435 g/mol. The molecule has 2 aromatic rings. The van der Waals surface area contributed by atoms with Gasteiger partial charge in [-0.1, -0.05) is 24.3 Å². The Hall–Kier alpha value is -1.54. The first-order chi connectivity index (χ1) is 11.5. The first kappa shape index (κ1) is 18.8. The van der Waals surface area contributed by atoms with Gasteiger partial charge in [-0.25, -0.2) is 0 Å². The second-order valence-corrected chi connectivity index (χ2v) is 7.62. The van der Waals surface area contributed by atoms with E-state index in [2.05, 4.69) is 33.2 Å². The van der Waals surface area contributed by atoms with Crippen molar-refractivity contribution >= 4 is 51.9 Å². The third-order valence-corrected chi connectivity index (χ3v) is 5.08. The number of carbonyl (C=O) groups excluding carboxylic acids is 2. The lowest BCUT2D eigenvalue weighted by molar-refractivity contribution is -0.119. The van der Waals surface area contributed by atoms with Crippen molar-refractivity contribution in [3.05, 3.63) is 57.7 Å². The highest BCUT2D eigenvalue weighted by Gasteiger charge is 2.14. The van der Waals surface area contributed by atoms with E-state index >= 15 is 0 Å². The van der Waals surface area contributed by atoms with Gasteiger partial charge in [0.1, 0.15) is 0 Å². The molecule has 2 amide bonds. The van der Waals surface area contributed by atoms with Crippen molar-refractivity contribution in [1.29, 1.82) is 0 Å². The summed E-state index contributed by atoms with van der Waals surface area (Å²) in [6, 6.07) is 15.0. The summed E-state index contributed by atoms with van der Waals surface area (Å²) in [5.74, 6) is 0.0695. The summed E-state index contributed by atoms with van der Waals surface area (Å²) >= 11 is 3.55. The van der Waals surface area contributed by atoms with Crippen molar-refractivity contribution in [2.45, 2.75) is 24.8 Å². The van der Waals surface area contributed by atoms with Gasteiger partial charge in [0.05, 0.1) is 17.0 Å². The summed E-state index contributed by atoms with van der Waals surface area (Å²) in [4.78, 5) is 25.2. The summed E-state index contributed by atoms with van der Waals surface area (Å²) in [6.07, 6.45) is 0. The second kappa shape index (κ2) is 9.08. The van der Waals surface area contributed by atoms with Crippen molar-refractivity contribution in [2.75, 3.05) is 11.1 Å². The largest absolute Gasteiger partial charge is 0.353 e. The smallest absolute Gasteiger partial charge is 0.256 e. The molecule has 0 saturated heterocycles. The number of para-hydroxylation sites is 1. The maximum Gasteiger partial charge on any atom is 0.256 e. The maximum absolute atomic E-state index is 12.6. The molecule has 2 N–H and O–H groups in total. The van der Waals surface area contributed by atoms with Crippen LogP contribution < -0.4 is 10.6 Å².